The Balaban J connectivity index is 0.802. The summed E-state index contributed by atoms with van der Waals surface area (Å²) in [4.78, 5) is 51.4. The van der Waals surface area contributed by atoms with Gasteiger partial charge in [0.05, 0.1) is 17.9 Å². The first-order valence-electron chi connectivity index (χ1n) is 22.4. The van der Waals surface area contributed by atoms with E-state index in [2.05, 4.69) is 62.9 Å². The first kappa shape index (κ1) is 44.7. The first-order valence-corrected chi connectivity index (χ1v) is 23.3. The van der Waals surface area contributed by atoms with E-state index in [1.165, 1.54) is 29.5 Å². The number of benzene rings is 3. The van der Waals surface area contributed by atoms with Crippen LogP contribution < -0.4 is 15.4 Å². The molecule has 0 radical (unpaired) electrons. The Morgan fingerprint density at radius 1 is 0.969 bits per heavy atom. The van der Waals surface area contributed by atoms with Crippen LogP contribution >= 0.6 is 11.3 Å². The second kappa shape index (κ2) is 20.7. The van der Waals surface area contributed by atoms with Gasteiger partial charge in [-0.05, 0) is 74.0 Å². The predicted molar refractivity (Wildman–Crippen MR) is 251 cm³/mol. The summed E-state index contributed by atoms with van der Waals surface area (Å²) in [5.41, 5.74) is 8.11. The van der Waals surface area contributed by atoms with Crippen molar-refractivity contribution in [2.45, 2.75) is 71.2 Å². The SMILES string of the molecule is CC(=N)/C(=C1/N=C(c2cccc(CCCCCNCc3ccc(OCc4scc5c4CN(C4CCC(=O)N(C)C4=O)C5=O)cc3)c2)C=C(N2CCN(CCO)CC2)N1)c1ccccc1. The van der Waals surface area contributed by atoms with Gasteiger partial charge in [-0.1, -0.05) is 67.1 Å². The first-order chi connectivity index (χ1) is 31.2. The molecule has 1 unspecified atom stereocenters. The molecule has 3 amide bonds. The number of nitrogens with one attached hydrogen (secondary N) is 3. The van der Waals surface area contributed by atoms with Crippen molar-refractivity contribution in [2.75, 3.05) is 52.9 Å². The number of carbonyl (C=O) groups is 3. The van der Waals surface area contributed by atoms with Crippen LogP contribution in [0.5, 0.6) is 5.75 Å². The standard InChI is InChI=1S/C50H58N8O5S/c1-34(51)47(37-12-6-3-7-13-37)48-53-42(29-45(54-48)57-24-22-56(23-25-57)26-27-59)38-14-9-11-35(28-38)10-5-4-8-21-52-30-36-15-17-39(18-16-36)63-32-44-40-31-58(49(61)41(40)33-64-44)43-19-20-46(60)55(2)50(43)62/h3,6-7,9,11-18,28-29,33,43,51-52,54,59H,4-5,8,10,19-27,30-32H2,1-2H3/b48-47+,51-34?. The summed E-state index contributed by atoms with van der Waals surface area (Å²) in [5.74, 6) is 1.74. The predicted octanol–water partition coefficient (Wildman–Crippen LogP) is 6.18. The number of fused-ring (bicyclic) bond motifs is 1. The molecular weight excluding hydrogens is 825 g/mol. The number of likely N-dealkylation sites (N-methyl/N-ethyl adjacent to an activating group) is 1. The minimum absolute atomic E-state index is 0.154. The normalized spacial score (nSPS) is 18.8. The second-order valence-corrected chi connectivity index (χ2v) is 17.8. The summed E-state index contributed by atoms with van der Waals surface area (Å²) in [6.45, 7) is 8.47. The van der Waals surface area contributed by atoms with E-state index in [-0.39, 0.29) is 30.7 Å². The summed E-state index contributed by atoms with van der Waals surface area (Å²) in [6, 6.07) is 26.2. The molecular formula is C50H58N8O5S. The molecule has 0 saturated carbocycles. The highest BCUT2D eigenvalue weighted by molar-refractivity contribution is 7.10. The molecule has 1 atom stereocenters. The van der Waals surface area contributed by atoms with Crippen molar-refractivity contribution in [2.24, 2.45) is 4.99 Å². The Morgan fingerprint density at radius 2 is 1.77 bits per heavy atom. The minimum Gasteiger partial charge on any atom is -0.488 e. The minimum atomic E-state index is -0.609. The van der Waals surface area contributed by atoms with E-state index in [4.69, 9.17) is 15.1 Å². The third-order valence-corrected chi connectivity index (χ3v) is 13.5. The molecule has 0 aliphatic carbocycles. The number of aryl methyl sites for hydroxylation is 1. The number of rotatable bonds is 18. The second-order valence-electron chi connectivity index (χ2n) is 16.9. The van der Waals surface area contributed by atoms with E-state index in [0.717, 1.165) is 114 Å². The number of nitrogens with zero attached hydrogens (tertiary/aromatic N) is 5. The zero-order chi connectivity index (χ0) is 44.6. The number of aliphatic imine (C=N–C) groups is 1. The van der Waals surface area contributed by atoms with Gasteiger partial charge in [0.15, 0.2) is 0 Å². The summed E-state index contributed by atoms with van der Waals surface area (Å²) >= 11 is 1.50. The molecule has 64 heavy (non-hydrogen) atoms. The van der Waals surface area contributed by atoms with Crippen LogP contribution in [-0.2, 0) is 35.7 Å². The van der Waals surface area contributed by atoms with Crippen molar-refractivity contribution < 1.29 is 24.2 Å². The van der Waals surface area contributed by atoms with E-state index < -0.39 is 6.04 Å². The molecule has 4 aliphatic rings. The maximum absolute atomic E-state index is 13.2. The zero-order valence-corrected chi connectivity index (χ0v) is 37.6. The fraction of sp³-hybridized carbons (Fsp3) is 0.380. The van der Waals surface area contributed by atoms with Crippen LogP contribution in [-0.4, -0.2) is 113 Å². The lowest BCUT2D eigenvalue weighted by molar-refractivity contribution is -0.150. The van der Waals surface area contributed by atoms with Gasteiger partial charge in [-0.3, -0.25) is 24.2 Å². The number of carbonyl (C=O) groups excluding carboxylic acids is 3. The molecule has 3 aromatic carbocycles. The van der Waals surface area contributed by atoms with Gasteiger partial charge >= 0.3 is 0 Å². The highest BCUT2D eigenvalue weighted by Crippen LogP contribution is 2.35. The van der Waals surface area contributed by atoms with Crippen LogP contribution in [0.2, 0.25) is 0 Å². The van der Waals surface area contributed by atoms with E-state index in [0.29, 0.717) is 43.2 Å². The van der Waals surface area contributed by atoms with Gasteiger partial charge < -0.3 is 35.7 Å². The molecule has 14 heteroatoms. The van der Waals surface area contributed by atoms with Gasteiger partial charge in [0.2, 0.25) is 5.91 Å². The van der Waals surface area contributed by atoms with E-state index in [9.17, 15) is 19.5 Å². The summed E-state index contributed by atoms with van der Waals surface area (Å²) in [7, 11) is 1.49. The highest BCUT2D eigenvalue weighted by Gasteiger charge is 2.42. The van der Waals surface area contributed by atoms with E-state index in [1.807, 2.05) is 54.8 Å². The van der Waals surface area contributed by atoms with Crippen molar-refractivity contribution in [3.8, 4) is 5.75 Å². The maximum Gasteiger partial charge on any atom is 0.256 e. The number of aliphatic hydroxyl groups is 1. The van der Waals surface area contributed by atoms with Crippen LogP contribution in [0.3, 0.4) is 0 Å². The number of piperazine rings is 1. The Hall–Kier alpha value is -5.93. The van der Waals surface area contributed by atoms with Crippen molar-refractivity contribution in [1.29, 1.82) is 5.41 Å². The van der Waals surface area contributed by atoms with Gasteiger partial charge in [-0.25, -0.2) is 4.99 Å². The Morgan fingerprint density at radius 3 is 2.53 bits per heavy atom. The van der Waals surface area contributed by atoms with Crippen molar-refractivity contribution in [1.82, 2.24) is 30.2 Å². The van der Waals surface area contributed by atoms with Gasteiger partial charge in [-0.15, -0.1) is 11.3 Å². The molecule has 4 aliphatic heterocycles. The third-order valence-electron chi connectivity index (χ3n) is 12.5. The number of thiophene rings is 1. The number of β-amino-alcohol motifs (C(OH)–C–C–N with tert-alkyl or cyclic N) is 1. The summed E-state index contributed by atoms with van der Waals surface area (Å²) in [6.07, 6.45) is 7.00. The fourth-order valence-corrected chi connectivity index (χ4v) is 9.80. The molecule has 0 bridgehead atoms. The number of piperidine rings is 1. The van der Waals surface area contributed by atoms with Crippen molar-refractivity contribution >= 4 is 46.1 Å². The number of amides is 3. The molecule has 4 N–H and O–H groups in total. The van der Waals surface area contributed by atoms with Crippen LogP contribution in [0.4, 0.5) is 0 Å². The molecule has 1 aromatic heterocycles. The zero-order valence-electron chi connectivity index (χ0n) is 36.8. The fourth-order valence-electron chi connectivity index (χ4n) is 8.85. The Bertz CT molecular complexity index is 2440. The lowest BCUT2D eigenvalue weighted by Crippen LogP contribution is -2.53. The van der Waals surface area contributed by atoms with Crippen LogP contribution in [0.15, 0.2) is 107 Å². The van der Waals surface area contributed by atoms with E-state index in [1.54, 1.807) is 4.90 Å². The molecule has 8 rings (SSSR count). The average molecular weight is 883 g/mol. The lowest BCUT2D eigenvalue weighted by Gasteiger charge is -2.38. The van der Waals surface area contributed by atoms with Gasteiger partial charge in [0, 0.05) is 98.0 Å². The average Bonchev–Trinajstić information content (AvgIpc) is 3.87. The maximum atomic E-state index is 13.2. The van der Waals surface area contributed by atoms with Crippen molar-refractivity contribution in [3.63, 3.8) is 0 Å². The topological polar surface area (TPSA) is 154 Å². The molecule has 4 aromatic rings. The van der Waals surface area contributed by atoms with Gasteiger partial charge in [0.25, 0.3) is 11.8 Å². The monoisotopic (exact) mass is 882 g/mol. The van der Waals surface area contributed by atoms with Crippen LogP contribution in [0.1, 0.15) is 82.1 Å². The Labute approximate surface area is 379 Å². The number of ether oxygens (including phenoxy) is 1. The lowest BCUT2D eigenvalue weighted by atomic mass is 9.99. The number of unbranched alkanes of at least 4 members (excludes halogenated alkanes) is 2. The molecule has 13 nitrogen and oxygen atoms in total. The van der Waals surface area contributed by atoms with Gasteiger partial charge in [0.1, 0.15) is 30.0 Å². The highest BCUT2D eigenvalue weighted by atomic mass is 32.1. The van der Waals surface area contributed by atoms with Crippen molar-refractivity contribution in [3.05, 3.63) is 140 Å². The van der Waals surface area contributed by atoms with Crippen LogP contribution in [0.25, 0.3) is 5.57 Å². The smallest absolute Gasteiger partial charge is 0.256 e. The number of hydrogen-bond donors (Lipinski definition) is 4. The Kier molecular flexibility index (Phi) is 14.5. The summed E-state index contributed by atoms with van der Waals surface area (Å²) < 4.78 is 6.13. The number of hydrogen-bond acceptors (Lipinski definition) is 12. The van der Waals surface area contributed by atoms with Crippen LogP contribution in [0, 0.1) is 5.41 Å². The largest absolute Gasteiger partial charge is 0.488 e. The number of allylic oxidation sites excluding steroid dienone is 2. The molecule has 0 spiro atoms. The molecule has 2 saturated heterocycles. The quantitative estimate of drug-likeness (QED) is 0.0521. The van der Waals surface area contributed by atoms with Gasteiger partial charge in [-0.2, -0.15) is 0 Å². The molecule has 2 fully saturated rings. The molecule has 334 valence electrons. The number of likely N-dealkylation sites (tertiary alicyclic amines) is 1. The number of imide groups is 1. The third kappa shape index (κ3) is 10.4. The van der Waals surface area contributed by atoms with E-state index >= 15 is 0 Å². The summed E-state index contributed by atoms with van der Waals surface area (Å²) in [5, 5.41) is 27.2. The molecule has 5 heterocycles. The number of aliphatic hydroxyl groups excluding tert-OH is 1.